The van der Waals surface area contributed by atoms with Crippen LogP contribution in [0.15, 0.2) is 29.2 Å². The maximum atomic E-state index is 12.3. The number of nitrogens with one attached hydrogen (secondary N) is 1. The van der Waals surface area contributed by atoms with E-state index in [-0.39, 0.29) is 23.4 Å². The van der Waals surface area contributed by atoms with E-state index in [4.69, 9.17) is 5.73 Å². The molecular formula is C14H23N3O3S. The average molecular weight is 313 g/mol. The first kappa shape index (κ1) is 17.6. The van der Waals surface area contributed by atoms with E-state index in [1.807, 2.05) is 6.92 Å². The van der Waals surface area contributed by atoms with Crippen molar-refractivity contribution in [2.75, 3.05) is 19.6 Å². The second-order valence-electron chi connectivity index (χ2n) is 4.65. The molecule has 0 aliphatic rings. The van der Waals surface area contributed by atoms with Crippen molar-refractivity contribution in [1.82, 2.24) is 9.62 Å². The molecule has 3 N–H and O–H groups in total. The van der Waals surface area contributed by atoms with Crippen LogP contribution in [0, 0.1) is 0 Å². The van der Waals surface area contributed by atoms with E-state index in [1.54, 1.807) is 38.1 Å². The quantitative estimate of drug-likeness (QED) is 0.780. The minimum Gasteiger partial charge on any atom is -0.348 e. The fourth-order valence-corrected chi connectivity index (χ4v) is 3.48. The lowest BCUT2D eigenvalue weighted by Gasteiger charge is -2.19. The fraction of sp³-hybridized carbons (Fsp3) is 0.500. The van der Waals surface area contributed by atoms with E-state index in [9.17, 15) is 13.2 Å². The lowest BCUT2D eigenvalue weighted by Crippen LogP contribution is -2.32. The Balaban J connectivity index is 2.94. The number of hydrogen-bond donors (Lipinski definition) is 2. The Bertz CT molecular complexity index is 566. The molecular weight excluding hydrogens is 290 g/mol. The first-order valence-electron chi connectivity index (χ1n) is 6.96. The summed E-state index contributed by atoms with van der Waals surface area (Å²) in [6.07, 6.45) is 0. The smallest absolute Gasteiger partial charge is 0.243 e. The molecule has 0 saturated heterocycles. The van der Waals surface area contributed by atoms with Crippen molar-refractivity contribution in [3.8, 4) is 0 Å². The summed E-state index contributed by atoms with van der Waals surface area (Å²) in [6.45, 7) is 6.23. The number of hydrogen-bond acceptors (Lipinski definition) is 4. The topological polar surface area (TPSA) is 92.5 Å². The van der Waals surface area contributed by atoms with Gasteiger partial charge in [-0.15, -0.1) is 0 Å². The number of sulfonamides is 1. The predicted octanol–water partition coefficient (Wildman–Crippen LogP) is 0.853. The normalized spacial score (nSPS) is 13.2. The van der Waals surface area contributed by atoms with Crippen molar-refractivity contribution in [2.45, 2.75) is 31.7 Å². The Kier molecular flexibility index (Phi) is 6.32. The molecule has 7 heteroatoms. The number of nitrogens with two attached hydrogens (primary N) is 1. The maximum Gasteiger partial charge on any atom is 0.243 e. The molecule has 0 aromatic heterocycles. The first-order chi connectivity index (χ1) is 9.86. The largest absolute Gasteiger partial charge is 0.348 e. The SMILES string of the molecule is CCN(CC)S(=O)(=O)c1ccc(C(C)NC(=O)CN)cc1. The van der Waals surface area contributed by atoms with Gasteiger partial charge in [0, 0.05) is 13.1 Å². The van der Waals surface area contributed by atoms with E-state index in [0.29, 0.717) is 13.1 Å². The molecule has 1 aromatic rings. The van der Waals surface area contributed by atoms with Gasteiger partial charge in [-0.1, -0.05) is 26.0 Å². The van der Waals surface area contributed by atoms with Gasteiger partial charge in [0.15, 0.2) is 0 Å². The summed E-state index contributed by atoms with van der Waals surface area (Å²) in [4.78, 5) is 11.5. The van der Waals surface area contributed by atoms with Crippen LogP contribution in [0.4, 0.5) is 0 Å². The van der Waals surface area contributed by atoms with Gasteiger partial charge in [0.1, 0.15) is 0 Å². The zero-order chi connectivity index (χ0) is 16.0. The molecule has 0 bridgehead atoms. The van der Waals surface area contributed by atoms with Crippen LogP contribution in [0.3, 0.4) is 0 Å². The fourth-order valence-electron chi connectivity index (χ4n) is 2.02. The highest BCUT2D eigenvalue weighted by Gasteiger charge is 2.21. The van der Waals surface area contributed by atoms with Gasteiger partial charge in [-0.05, 0) is 24.6 Å². The standard InChI is InChI=1S/C14H23N3O3S/c1-4-17(5-2)21(19,20)13-8-6-12(7-9-13)11(3)16-14(18)10-15/h6-9,11H,4-5,10,15H2,1-3H3,(H,16,18). The Hall–Kier alpha value is -1.44. The molecule has 1 rings (SSSR count). The summed E-state index contributed by atoms with van der Waals surface area (Å²) < 4.78 is 26.1. The van der Waals surface area contributed by atoms with E-state index < -0.39 is 10.0 Å². The van der Waals surface area contributed by atoms with Crippen molar-refractivity contribution >= 4 is 15.9 Å². The van der Waals surface area contributed by atoms with Crippen LogP contribution in [-0.4, -0.2) is 38.3 Å². The van der Waals surface area contributed by atoms with Crippen molar-refractivity contribution in [1.29, 1.82) is 0 Å². The van der Waals surface area contributed by atoms with Crippen LogP contribution in [0.1, 0.15) is 32.4 Å². The molecule has 0 aliphatic carbocycles. The van der Waals surface area contributed by atoms with Crippen LogP contribution in [0.25, 0.3) is 0 Å². The van der Waals surface area contributed by atoms with Crippen molar-refractivity contribution < 1.29 is 13.2 Å². The third-order valence-electron chi connectivity index (χ3n) is 3.29. The molecule has 1 unspecified atom stereocenters. The third-order valence-corrected chi connectivity index (χ3v) is 5.35. The van der Waals surface area contributed by atoms with Crippen LogP contribution >= 0.6 is 0 Å². The Morgan fingerprint density at radius 1 is 1.24 bits per heavy atom. The van der Waals surface area contributed by atoms with Crippen molar-refractivity contribution in [2.24, 2.45) is 5.73 Å². The number of carbonyl (C=O) groups excluding carboxylic acids is 1. The van der Waals surface area contributed by atoms with Gasteiger partial charge < -0.3 is 11.1 Å². The Morgan fingerprint density at radius 2 is 1.76 bits per heavy atom. The summed E-state index contributed by atoms with van der Waals surface area (Å²) in [5.74, 6) is -0.248. The highest BCUT2D eigenvalue weighted by molar-refractivity contribution is 7.89. The predicted molar refractivity (Wildman–Crippen MR) is 82.2 cm³/mol. The van der Waals surface area contributed by atoms with Crippen LogP contribution in [0.2, 0.25) is 0 Å². The van der Waals surface area contributed by atoms with E-state index in [2.05, 4.69) is 5.32 Å². The molecule has 0 radical (unpaired) electrons. The van der Waals surface area contributed by atoms with Crippen molar-refractivity contribution in [3.63, 3.8) is 0 Å². The highest BCUT2D eigenvalue weighted by Crippen LogP contribution is 2.19. The van der Waals surface area contributed by atoms with Gasteiger partial charge in [0.2, 0.25) is 15.9 Å². The lowest BCUT2D eigenvalue weighted by atomic mass is 10.1. The zero-order valence-electron chi connectivity index (χ0n) is 12.7. The molecule has 6 nitrogen and oxygen atoms in total. The monoisotopic (exact) mass is 313 g/mol. The third kappa shape index (κ3) is 4.26. The number of amides is 1. The second kappa shape index (κ2) is 7.53. The highest BCUT2D eigenvalue weighted by atomic mass is 32.2. The van der Waals surface area contributed by atoms with Gasteiger partial charge in [-0.25, -0.2) is 8.42 Å². The van der Waals surface area contributed by atoms with Gasteiger partial charge in [0.25, 0.3) is 0 Å². The first-order valence-corrected chi connectivity index (χ1v) is 8.40. The van der Waals surface area contributed by atoms with E-state index in [0.717, 1.165) is 5.56 Å². The minimum absolute atomic E-state index is 0.0707. The van der Waals surface area contributed by atoms with E-state index >= 15 is 0 Å². The molecule has 21 heavy (non-hydrogen) atoms. The lowest BCUT2D eigenvalue weighted by molar-refractivity contribution is -0.120. The molecule has 1 atom stereocenters. The molecule has 0 heterocycles. The van der Waals surface area contributed by atoms with E-state index in [1.165, 1.54) is 4.31 Å². The van der Waals surface area contributed by atoms with Crippen LogP contribution in [0.5, 0.6) is 0 Å². The Labute approximate surface area is 126 Å². The zero-order valence-corrected chi connectivity index (χ0v) is 13.5. The summed E-state index contributed by atoms with van der Waals surface area (Å²) >= 11 is 0. The Morgan fingerprint density at radius 3 is 2.19 bits per heavy atom. The van der Waals surface area contributed by atoms with Gasteiger partial charge in [0.05, 0.1) is 17.5 Å². The molecule has 0 aliphatic heterocycles. The van der Waals surface area contributed by atoms with Crippen molar-refractivity contribution in [3.05, 3.63) is 29.8 Å². The molecule has 1 amide bonds. The minimum atomic E-state index is -3.45. The molecule has 0 fully saturated rings. The molecule has 0 spiro atoms. The van der Waals surface area contributed by atoms with Gasteiger partial charge >= 0.3 is 0 Å². The van der Waals surface area contributed by atoms with Gasteiger partial charge in [-0.2, -0.15) is 4.31 Å². The number of rotatable bonds is 7. The summed E-state index contributed by atoms with van der Waals surface area (Å²) in [5.41, 5.74) is 6.08. The average Bonchev–Trinajstić information content (AvgIpc) is 2.48. The number of nitrogens with zero attached hydrogens (tertiary/aromatic N) is 1. The molecule has 118 valence electrons. The second-order valence-corrected chi connectivity index (χ2v) is 6.59. The van der Waals surface area contributed by atoms with Crippen LogP contribution < -0.4 is 11.1 Å². The summed E-state index contributed by atoms with van der Waals surface area (Å²) in [6, 6.07) is 6.32. The molecule has 0 saturated carbocycles. The van der Waals surface area contributed by atoms with Gasteiger partial charge in [-0.3, -0.25) is 4.79 Å². The van der Waals surface area contributed by atoms with Crippen LogP contribution in [-0.2, 0) is 14.8 Å². The maximum absolute atomic E-state index is 12.3. The summed E-state index contributed by atoms with van der Waals surface area (Å²) in [7, 11) is -3.45. The molecule has 1 aromatic carbocycles. The summed E-state index contributed by atoms with van der Waals surface area (Å²) in [5, 5.41) is 2.73. The number of benzene rings is 1. The number of carbonyl (C=O) groups is 1.